The van der Waals surface area contributed by atoms with E-state index in [2.05, 4.69) is 12.2 Å². The van der Waals surface area contributed by atoms with E-state index in [-0.39, 0.29) is 36.9 Å². The number of ketones is 1. The number of hydrogen-bond acceptors (Lipinski definition) is 6. The molecule has 0 aliphatic carbocycles. The molecular formula is C27H32N2O6. The molecule has 8 nitrogen and oxygen atoms in total. The zero-order valence-corrected chi connectivity index (χ0v) is 20.1. The molecule has 0 spiro atoms. The Balaban J connectivity index is 1.32. The monoisotopic (exact) mass is 480 g/mol. The van der Waals surface area contributed by atoms with Gasteiger partial charge in [-0.15, -0.1) is 0 Å². The molecular weight excluding hydrogens is 448 g/mol. The number of nitrogens with one attached hydrogen (secondary N) is 1. The molecule has 0 radical (unpaired) electrons. The van der Waals surface area contributed by atoms with Crippen LogP contribution in [0.4, 0.5) is 5.69 Å². The Morgan fingerprint density at radius 1 is 1.17 bits per heavy atom. The first-order chi connectivity index (χ1) is 17.0. The van der Waals surface area contributed by atoms with Gasteiger partial charge in [0.25, 0.3) is 5.91 Å². The maximum Gasteiger partial charge on any atom is 0.265 e. The Bertz CT molecular complexity index is 1050. The number of rotatable bonds is 11. The van der Waals surface area contributed by atoms with Gasteiger partial charge in [-0.25, -0.2) is 0 Å². The third kappa shape index (κ3) is 6.60. The van der Waals surface area contributed by atoms with Gasteiger partial charge in [-0.2, -0.15) is 0 Å². The molecule has 1 saturated heterocycles. The first-order valence-electron chi connectivity index (χ1n) is 12.2. The molecule has 2 heterocycles. The van der Waals surface area contributed by atoms with E-state index in [0.29, 0.717) is 48.7 Å². The third-order valence-corrected chi connectivity index (χ3v) is 6.26. The first-order valence-corrected chi connectivity index (χ1v) is 12.2. The molecule has 0 bridgehead atoms. The van der Waals surface area contributed by atoms with Gasteiger partial charge in [0.1, 0.15) is 11.5 Å². The average Bonchev–Trinajstić information content (AvgIpc) is 3.41. The Hall–Kier alpha value is -3.39. The van der Waals surface area contributed by atoms with Crippen molar-refractivity contribution in [2.45, 2.75) is 45.1 Å². The van der Waals surface area contributed by atoms with Crippen molar-refractivity contribution in [2.24, 2.45) is 0 Å². The quantitative estimate of drug-likeness (QED) is 0.496. The van der Waals surface area contributed by atoms with Crippen LogP contribution in [0.25, 0.3) is 0 Å². The molecule has 2 aromatic rings. The lowest BCUT2D eigenvalue weighted by molar-refractivity contribution is -0.123. The van der Waals surface area contributed by atoms with E-state index in [1.165, 1.54) is 5.56 Å². The number of anilines is 1. The van der Waals surface area contributed by atoms with Gasteiger partial charge < -0.3 is 24.4 Å². The van der Waals surface area contributed by atoms with E-state index in [1.807, 2.05) is 24.3 Å². The van der Waals surface area contributed by atoms with Crippen molar-refractivity contribution in [3.05, 3.63) is 53.6 Å². The molecule has 186 valence electrons. The van der Waals surface area contributed by atoms with Crippen molar-refractivity contribution in [3.63, 3.8) is 0 Å². The van der Waals surface area contributed by atoms with Crippen LogP contribution in [0.3, 0.4) is 0 Å². The minimum Gasteiger partial charge on any atom is -0.485 e. The normalized spacial score (nSPS) is 17.0. The fourth-order valence-electron chi connectivity index (χ4n) is 4.19. The molecule has 1 fully saturated rings. The number of aryl methyl sites for hydroxylation is 1. The Morgan fingerprint density at radius 3 is 2.74 bits per heavy atom. The molecule has 35 heavy (non-hydrogen) atoms. The minimum atomic E-state index is -0.200. The van der Waals surface area contributed by atoms with Crippen LogP contribution in [0, 0.1) is 0 Å². The van der Waals surface area contributed by atoms with E-state index in [9.17, 15) is 14.4 Å². The third-order valence-electron chi connectivity index (χ3n) is 6.26. The standard InChI is InChI=1S/C27H32N2O6/c1-2-19-7-10-21(11-8-19)34-17-24(30)20-9-12-25-23(15-20)29(27(32)18-35-25)13-3-6-26(31)28-16-22-5-4-14-33-22/h7-12,15,22H,2-6,13-14,16-18H2,1H3,(H,28,31)/t22-/m1/s1. The molecule has 0 unspecified atom stereocenters. The molecule has 1 N–H and O–H groups in total. The summed E-state index contributed by atoms with van der Waals surface area (Å²) >= 11 is 0. The fourth-order valence-corrected chi connectivity index (χ4v) is 4.19. The van der Waals surface area contributed by atoms with Gasteiger partial charge >= 0.3 is 0 Å². The van der Waals surface area contributed by atoms with Gasteiger partial charge in [0, 0.05) is 31.7 Å². The van der Waals surface area contributed by atoms with Gasteiger partial charge in [0.15, 0.2) is 19.0 Å². The summed E-state index contributed by atoms with van der Waals surface area (Å²) in [6.07, 6.45) is 3.83. The first kappa shape index (κ1) is 24.7. The number of carbonyl (C=O) groups is 3. The van der Waals surface area contributed by atoms with Crippen LogP contribution in [0.1, 0.15) is 48.5 Å². The minimum absolute atomic E-state index is 0.0607. The lowest BCUT2D eigenvalue weighted by atomic mass is 10.1. The lowest BCUT2D eigenvalue weighted by Gasteiger charge is -2.29. The van der Waals surface area contributed by atoms with E-state index in [1.54, 1.807) is 23.1 Å². The van der Waals surface area contributed by atoms with E-state index in [4.69, 9.17) is 14.2 Å². The number of ether oxygens (including phenoxy) is 3. The second-order valence-corrected chi connectivity index (χ2v) is 8.77. The topological polar surface area (TPSA) is 94.2 Å². The fraction of sp³-hybridized carbons (Fsp3) is 0.444. The Kier molecular flexibility index (Phi) is 8.36. The second-order valence-electron chi connectivity index (χ2n) is 8.77. The molecule has 8 heteroatoms. The predicted molar refractivity (Wildman–Crippen MR) is 131 cm³/mol. The highest BCUT2D eigenvalue weighted by molar-refractivity contribution is 6.02. The molecule has 2 amide bonds. The van der Waals surface area contributed by atoms with E-state index in [0.717, 1.165) is 25.9 Å². The van der Waals surface area contributed by atoms with Crippen molar-refractivity contribution in [1.29, 1.82) is 0 Å². The average molecular weight is 481 g/mol. The summed E-state index contributed by atoms with van der Waals surface area (Å²) in [6, 6.07) is 12.7. The number of benzene rings is 2. The zero-order chi connectivity index (χ0) is 24.6. The van der Waals surface area contributed by atoms with Gasteiger partial charge in [0.05, 0.1) is 11.8 Å². The van der Waals surface area contributed by atoms with Gasteiger partial charge in [-0.3, -0.25) is 14.4 Å². The van der Waals surface area contributed by atoms with Crippen molar-refractivity contribution in [3.8, 4) is 11.5 Å². The van der Waals surface area contributed by atoms with Crippen LogP contribution in [-0.2, 0) is 20.7 Å². The smallest absolute Gasteiger partial charge is 0.265 e. The van der Waals surface area contributed by atoms with Crippen LogP contribution in [-0.4, -0.2) is 56.6 Å². The highest BCUT2D eigenvalue weighted by Crippen LogP contribution is 2.33. The predicted octanol–water partition coefficient (Wildman–Crippen LogP) is 3.31. The van der Waals surface area contributed by atoms with E-state index < -0.39 is 0 Å². The van der Waals surface area contributed by atoms with Crippen LogP contribution in [0.15, 0.2) is 42.5 Å². The summed E-state index contributed by atoms with van der Waals surface area (Å²) in [6.45, 7) is 3.54. The number of Topliss-reactive ketones (excluding diaryl/α,β-unsaturated/α-hetero) is 1. The number of nitrogens with zero attached hydrogens (tertiary/aromatic N) is 1. The maximum atomic E-state index is 12.8. The molecule has 0 aromatic heterocycles. The number of hydrogen-bond donors (Lipinski definition) is 1. The van der Waals surface area contributed by atoms with Gasteiger partial charge in [-0.05, 0) is 61.6 Å². The summed E-state index contributed by atoms with van der Waals surface area (Å²) in [5.41, 5.74) is 2.18. The molecule has 2 aromatic carbocycles. The zero-order valence-electron chi connectivity index (χ0n) is 20.1. The summed E-state index contributed by atoms with van der Waals surface area (Å²) < 4.78 is 16.7. The van der Waals surface area contributed by atoms with E-state index >= 15 is 0 Å². The van der Waals surface area contributed by atoms with Crippen LogP contribution < -0.4 is 19.7 Å². The van der Waals surface area contributed by atoms with Gasteiger partial charge in [-0.1, -0.05) is 19.1 Å². The summed E-state index contributed by atoms with van der Waals surface area (Å²) in [5.74, 6) is 0.717. The maximum absolute atomic E-state index is 12.8. The Morgan fingerprint density at radius 2 is 2.00 bits per heavy atom. The molecule has 0 saturated carbocycles. The lowest BCUT2D eigenvalue weighted by Crippen LogP contribution is -2.40. The van der Waals surface area contributed by atoms with Crippen LogP contribution >= 0.6 is 0 Å². The largest absolute Gasteiger partial charge is 0.485 e. The SMILES string of the molecule is CCc1ccc(OCC(=O)c2ccc3c(c2)N(CCCC(=O)NC[C@H]2CCCO2)C(=O)CO3)cc1. The summed E-state index contributed by atoms with van der Waals surface area (Å²) in [7, 11) is 0. The summed E-state index contributed by atoms with van der Waals surface area (Å²) in [4.78, 5) is 39.1. The number of fused-ring (bicyclic) bond motifs is 1. The van der Waals surface area contributed by atoms with Crippen LogP contribution in [0.2, 0.25) is 0 Å². The van der Waals surface area contributed by atoms with Crippen molar-refractivity contribution >= 4 is 23.3 Å². The number of carbonyl (C=O) groups excluding carboxylic acids is 3. The van der Waals surface area contributed by atoms with Crippen molar-refractivity contribution < 1.29 is 28.6 Å². The van der Waals surface area contributed by atoms with Crippen LogP contribution in [0.5, 0.6) is 11.5 Å². The molecule has 1 atom stereocenters. The van der Waals surface area contributed by atoms with Gasteiger partial charge in [0.2, 0.25) is 5.91 Å². The molecule has 4 rings (SSSR count). The van der Waals surface area contributed by atoms with Crippen molar-refractivity contribution in [2.75, 3.05) is 37.8 Å². The number of amides is 2. The second kappa shape index (κ2) is 11.8. The Labute approximate surface area is 205 Å². The van der Waals surface area contributed by atoms with Crippen molar-refractivity contribution in [1.82, 2.24) is 5.32 Å². The highest BCUT2D eigenvalue weighted by Gasteiger charge is 2.26. The molecule has 2 aliphatic rings. The molecule has 2 aliphatic heterocycles. The summed E-state index contributed by atoms with van der Waals surface area (Å²) in [5, 5.41) is 2.90. The highest BCUT2D eigenvalue weighted by atomic mass is 16.5.